The number of benzene rings is 3. The van der Waals surface area contributed by atoms with Crippen LogP contribution in [0.3, 0.4) is 0 Å². The SMILES string of the molecule is O=C(Nc1ccccc1)C1CCN(C(=O)COC(=O)C2CC(=O)N(c3cccc4ccccc34)C2)CC1. The lowest BCUT2D eigenvalue weighted by Crippen LogP contribution is -2.43. The Bertz CT molecular complexity index is 1310. The Kier molecular flexibility index (Phi) is 7.16. The van der Waals surface area contributed by atoms with E-state index in [1.54, 1.807) is 9.80 Å². The number of carbonyl (C=O) groups excluding carboxylic acids is 4. The zero-order chi connectivity index (χ0) is 25.8. The molecule has 0 bridgehead atoms. The lowest BCUT2D eigenvalue weighted by Gasteiger charge is -2.31. The summed E-state index contributed by atoms with van der Waals surface area (Å²) in [6.45, 7) is 0.723. The average Bonchev–Trinajstić information content (AvgIpc) is 3.33. The maximum Gasteiger partial charge on any atom is 0.311 e. The fourth-order valence-electron chi connectivity index (χ4n) is 5.04. The molecule has 8 heteroatoms. The van der Waals surface area contributed by atoms with Crippen LogP contribution in [0.5, 0.6) is 0 Å². The normalized spacial score (nSPS) is 18.2. The maximum absolute atomic E-state index is 12.7. The van der Waals surface area contributed by atoms with Gasteiger partial charge >= 0.3 is 5.97 Å². The number of carbonyl (C=O) groups is 4. The molecule has 5 rings (SSSR count). The summed E-state index contributed by atoms with van der Waals surface area (Å²) in [5, 5.41) is 4.88. The average molecular weight is 500 g/mol. The highest BCUT2D eigenvalue weighted by Gasteiger charge is 2.37. The first-order valence-corrected chi connectivity index (χ1v) is 12.6. The fourth-order valence-corrected chi connectivity index (χ4v) is 5.04. The van der Waals surface area contributed by atoms with E-state index in [-0.39, 0.29) is 43.2 Å². The first-order valence-electron chi connectivity index (χ1n) is 12.6. The molecule has 1 atom stereocenters. The van der Waals surface area contributed by atoms with Gasteiger partial charge in [0.15, 0.2) is 6.61 Å². The number of piperidine rings is 1. The number of para-hydroxylation sites is 1. The number of hydrogen-bond donors (Lipinski definition) is 1. The van der Waals surface area contributed by atoms with Gasteiger partial charge in [0.2, 0.25) is 11.8 Å². The molecule has 3 aromatic rings. The molecule has 2 fully saturated rings. The topological polar surface area (TPSA) is 96.0 Å². The Morgan fingerprint density at radius 2 is 1.57 bits per heavy atom. The molecule has 0 radical (unpaired) electrons. The van der Waals surface area contributed by atoms with E-state index in [2.05, 4.69) is 5.32 Å². The van der Waals surface area contributed by atoms with E-state index in [0.717, 1.165) is 22.1 Å². The molecule has 37 heavy (non-hydrogen) atoms. The van der Waals surface area contributed by atoms with Crippen molar-refractivity contribution in [1.82, 2.24) is 4.90 Å². The van der Waals surface area contributed by atoms with Crippen molar-refractivity contribution >= 4 is 45.8 Å². The van der Waals surface area contributed by atoms with E-state index in [4.69, 9.17) is 4.74 Å². The van der Waals surface area contributed by atoms with Crippen LogP contribution in [0, 0.1) is 11.8 Å². The fraction of sp³-hybridized carbons (Fsp3) is 0.310. The standard InChI is InChI=1S/C29H29N3O5/c33-26-17-22(18-32(26)25-12-6-8-20-7-4-5-11-24(20)25)29(36)37-19-27(34)31-15-13-21(14-16-31)28(35)30-23-9-2-1-3-10-23/h1-12,21-22H,13-19H2,(H,30,35). The summed E-state index contributed by atoms with van der Waals surface area (Å²) in [5.41, 5.74) is 1.52. The van der Waals surface area contributed by atoms with Gasteiger partial charge in [0.25, 0.3) is 5.91 Å². The number of hydrogen-bond acceptors (Lipinski definition) is 5. The molecule has 2 aliphatic heterocycles. The van der Waals surface area contributed by atoms with E-state index in [0.29, 0.717) is 25.9 Å². The zero-order valence-electron chi connectivity index (χ0n) is 20.5. The molecule has 0 spiro atoms. The van der Waals surface area contributed by atoms with Crippen LogP contribution < -0.4 is 10.2 Å². The van der Waals surface area contributed by atoms with Crippen molar-refractivity contribution in [3.63, 3.8) is 0 Å². The molecule has 2 aliphatic rings. The van der Waals surface area contributed by atoms with Crippen LogP contribution in [-0.4, -0.2) is 54.8 Å². The third-order valence-electron chi connectivity index (χ3n) is 7.11. The second kappa shape index (κ2) is 10.8. The van der Waals surface area contributed by atoms with Gasteiger partial charge in [0.05, 0.1) is 11.6 Å². The van der Waals surface area contributed by atoms with Crippen molar-refractivity contribution in [2.45, 2.75) is 19.3 Å². The number of likely N-dealkylation sites (tertiary alicyclic amines) is 1. The van der Waals surface area contributed by atoms with Crippen molar-refractivity contribution < 1.29 is 23.9 Å². The van der Waals surface area contributed by atoms with Crippen LogP contribution >= 0.6 is 0 Å². The first kappa shape index (κ1) is 24.5. The first-order chi connectivity index (χ1) is 18.0. The molecule has 0 aromatic heterocycles. The van der Waals surface area contributed by atoms with Crippen LogP contribution in [0.1, 0.15) is 19.3 Å². The van der Waals surface area contributed by atoms with Gasteiger partial charge in [-0.05, 0) is 36.4 Å². The summed E-state index contributed by atoms with van der Waals surface area (Å²) < 4.78 is 5.33. The molecular weight excluding hydrogens is 470 g/mol. The van der Waals surface area contributed by atoms with E-state index >= 15 is 0 Å². The third-order valence-corrected chi connectivity index (χ3v) is 7.11. The van der Waals surface area contributed by atoms with Crippen LogP contribution in [0.2, 0.25) is 0 Å². The summed E-state index contributed by atoms with van der Waals surface area (Å²) in [4.78, 5) is 53.9. The largest absolute Gasteiger partial charge is 0.455 e. The number of rotatable bonds is 6. The smallest absolute Gasteiger partial charge is 0.311 e. The molecule has 2 heterocycles. The molecule has 190 valence electrons. The second-order valence-electron chi connectivity index (χ2n) is 9.52. The second-order valence-corrected chi connectivity index (χ2v) is 9.52. The molecule has 1 N–H and O–H groups in total. The van der Waals surface area contributed by atoms with Crippen molar-refractivity contribution in [2.75, 3.05) is 36.5 Å². The van der Waals surface area contributed by atoms with Crippen LogP contribution in [0.15, 0.2) is 72.8 Å². The van der Waals surface area contributed by atoms with Gasteiger partial charge in [-0.3, -0.25) is 19.2 Å². The zero-order valence-corrected chi connectivity index (χ0v) is 20.5. The Morgan fingerprint density at radius 3 is 2.35 bits per heavy atom. The van der Waals surface area contributed by atoms with Crippen molar-refractivity contribution in [3.8, 4) is 0 Å². The Labute approximate surface area is 215 Å². The highest BCUT2D eigenvalue weighted by molar-refractivity contribution is 6.06. The van der Waals surface area contributed by atoms with E-state index in [1.165, 1.54) is 0 Å². The molecule has 1 unspecified atom stereocenters. The van der Waals surface area contributed by atoms with E-state index < -0.39 is 11.9 Å². The number of esters is 1. The number of nitrogens with zero attached hydrogens (tertiary/aromatic N) is 2. The van der Waals surface area contributed by atoms with Crippen LogP contribution in [-0.2, 0) is 23.9 Å². The number of ether oxygens (including phenoxy) is 1. The Hall–Kier alpha value is -4.20. The van der Waals surface area contributed by atoms with Crippen LogP contribution in [0.4, 0.5) is 11.4 Å². The highest BCUT2D eigenvalue weighted by Crippen LogP contribution is 2.32. The minimum absolute atomic E-state index is 0.0497. The number of nitrogens with one attached hydrogen (secondary N) is 1. The lowest BCUT2D eigenvalue weighted by atomic mass is 9.95. The van der Waals surface area contributed by atoms with E-state index in [1.807, 2.05) is 72.8 Å². The Morgan fingerprint density at radius 1 is 0.865 bits per heavy atom. The molecule has 8 nitrogen and oxygen atoms in total. The molecule has 3 amide bonds. The minimum atomic E-state index is -0.619. The summed E-state index contributed by atoms with van der Waals surface area (Å²) >= 11 is 0. The van der Waals surface area contributed by atoms with Gasteiger partial charge in [0.1, 0.15) is 0 Å². The third kappa shape index (κ3) is 5.48. The maximum atomic E-state index is 12.7. The van der Waals surface area contributed by atoms with Gasteiger partial charge in [-0.25, -0.2) is 0 Å². The predicted octanol–water partition coefficient (Wildman–Crippen LogP) is 3.61. The highest BCUT2D eigenvalue weighted by atomic mass is 16.5. The van der Waals surface area contributed by atoms with Crippen molar-refractivity contribution in [2.24, 2.45) is 11.8 Å². The summed E-state index contributed by atoms with van der Waals surface area (Å²) in [7, 11) is 0. The molecule has 2 saturated heterocycles. The lowest BCUT2D eigenvalue weighted by molar-refractivity contribution is -0.155. The summed E-state index contributed by atoms with van der Waals surface area (Å²) in [5.74, 6) is -1.80. The van der Waals surface area contributed by atoms with Gasteiger partial charge in [-0.15, -0.1) is 0 Å². The van der Waals surface area contributed by atoms with Gasteiger partial charge in [-0.2, -0.15) is 0 Å². The monoisotopic (exact) mass is 499 g/mol. The van der Waals surface area contributed by atoms with Gasteiger partial charge < -0.3 is 19.9 Å². The summed E-state index contributed by atoms with van der Waals surface area (Å²) in [6.07, 6.45) is 1.16. The number of amides is 3. The van der Waals surface area contributed by atoms with Gasteiger partial charge in [0, 0.05) is 43.0 Å². The molecular formula is C29H29N3O5. The van der Waals surface area contributed by atoms with Crippen molar-refractivity contribution in [3.05, 3.63) is 72.8 Å². The van der Waals surface area contributed by atoms with Crippen LogP contribution in [0.25, 0.3) is 10.8 Å². The minimum Gasteiger partial charge on any atom is -0.455 e. The summed E-state index contributed by atoms with van der Waals surface area (Å²) in [6, 6.07) is 22.8. The Balaban J connectivity index is 1.10. The molecule has 0 saturated carbocycles. The number of fused-ring (bicyclic) bond motifs is 1. The number of anilines is 2. The van der Waals surface area contributed by atoms with Gasteiger partial charge in [-0.1, -0.05) is 54.6 Å². The van der Waals surface area contributed by atoms with Crippen molar-refractivity contribution in [1.29, 1.82) is 0 Å². The molecule has 0 aliphatic carbocycles. The molecule has 3 aromatic carbocycles. The quantitative estimate of drug-likeness (QED) is 0.523. The van der Waals surface area contributed by atoms with E-state index in [9.17, 15) is 19.2 Å². The predicted molar refractivity (Wildman–Crippen MR) is 140 cm³/mol.